The lowest BCUT2D eigenvalue weighted by Crippen LogP contribution is -2.31. The number of benzene rings is 1. The molecule has 0 aliphatic rings. The molecule has 7 heteroatoms. The Morgan fingerprint density at radius 3 is 2.31 bits per heavy atom. The molecule has 1 aromatic rings. The molecule has 1 aromatic carbocycles. The van der Waals surface area contributed by atoms with E-state index in [1.165, 1.54) is 44.1 Å². The topological polar surface area (TPSA) is 83.6 Å². The second-order valence-corrected chi connectivity index (χ2v) is 7.55. The highest BCUT2D eigenvalue weighted by Crippen LogP contribution is 2.18. The van der Waals surface area contributed by atoms with Gasteiger partial charge in [-0.3, -0.25) is 19.2 Å². The maximum atomic E-state index is 12.6. The molecule has 0 aliphatic carbocycles. The Kier molecular flexibility index (Phi) is 12.4. The predicted molar refractivity (Wildman–Crippen MR) is 116 cm³/mol. The molecule has 0 atom stereocenters. The number of carbonyl (C=O) groups is 4. The fraction of sp³-hybridized carbons (Fsp3) is 0.455. The molecule has 0 saturated carbocycles. The van der Waals surface area contributed by atoms with Gasteiger partial charge in [0.1, 0.15) is 5.78 Å². The molecule has 158 valence electrons. The molecular weight excluding hydrogens is 388 g/mol. The van der Waals surface area contributed by atoms with Crippen molar-refractivity contribution in [2.45, 2.75) is 58.8 Å². The van der Waals surface area contributed by atoms with E-state index in [0.29, 0.717) is 12.1 Å². The monoisotopic (exact) mass is 418 g/mol. The van der Waals surface area contributed by atoms with Crippen LogP contribution in [0, 0.1) is 0 Å². The summed E-state index contributed by atoms with van der Waals surface area (Å²) >= 11 is 0.796. The molecule has 0 spiro atoms. The van der Waals surface area contributed by atoms with Crippen LogP contribution in [0.15, 0.2) is 41.8 Å². The summed E-state index contributed by atoms with van der Waals surface area (Å²) in [6.07, 6.45) is 7.76. The van der Waals surface area contributed by atoms with Gasteiger partial charge in [0.25, 0.3) is 5.91 Å². The van der Waals surface area contributed by atoms with Crippen molar-refractivity contribution in [3.8, 4) is 0 Å². The van der Waals surface area contributed by atoms with Crippen molar-refractivity contribution in [2.24, 2.45) is 0 Å². The minimum absolute atomic E-state index is 0.280. The van der Waals surface area contributed by atoms with E-state index in [4.69, 9.17) is 0 Å². The van der Waals surface area contributed by atoms with Crippen LogP contribution in [0.5, 0.6) is 0 Å². The number of Topliss-reactive ketones (excluding diaryl/α,β-unsaturated/α-hetero) is 1. The van der Waals surface area contributed by atoms with Crippen molar-refractivity contribution in [1.82, 2.24) is 9.62 Å². The summed E-state index contributed by atoms with van der Waals surface area (Å²) in [5.41, 5.74) is 0.331. The van der Waals surface area contributed by atoms with Gasteiger partial charge in [-0.25, -0.2) is 4.31 Å². The minimum atomic E-state index is -0.617. The Morgan fingerprint density at radius 2 is 1.66 bits per heavy atom. The quantitative estimate of drug-likeness (QED) is 0.224. The van der Waals surface area contributed by atoms with Crippen LogP contribution in [0.3, 0.4) is 0 Å². The van der Waals surface area contributed by atoms with Crippen LogP contribution in [0.4, 0.5) is 0 Å². The van der Waals surface area contributed by atoms with Crippen molar-refractivity contribution in [3.05, 3.63) is 47.4 Å². The number of ketones is 1. The van der Waals surface area contributed by atoms with E-state index >= 15 is 0 Å². The third-order valence-corrected chi connectivity index (χ3v) is 4.89. The van der Waals surface area contributed by atoms with Crippen LogP contribution in [0.2, 0.25) is 0 Å². The number of imide groups is 1. The summed E-state index contributed by atoms with van der Waals surface area (Å²) in [7, 11) is 0. The van der Waals surface area contributed by atoms with Crippen LogP contribution in [-0.4, -0.2) is 34.4 Å². The summed E-state index contributed by atoms with van der Waals surface area (Å²) in [5, 5.41) is 4.17. The zero-order valence-corrected chi connectivity index (χ0v) is 18.0. The van der Waals surface area contributed by atoms with E-state index in [-0.39, 0.29) is 18.1 Å². The number of amides is 3. The van der Waals surface area contributed by atoms with Gasteiger partial charge in [-0.2, -0.15) is 0 Å². The standard InChI is InChI=1S/C22H30N2O4S/c1-3-4-5-6-7-11-15-23-20(26)14-16-29-24(21(27)17-18(2)25)22(28)19-12-9-8-10-13-19/h8-10,12-14,16H,3-7,11,15,17H2,1-2H3,(H,23,26). The van der Waals surface area contributed by atoms with Gasteiger partial charge in [-0.15, -0.1) is 0 Å². The number of rotatable bonds is 13. The van der Waals surface area contributed by atoms with Crippen LogP contribution in [0.25, 0.3) is 0 Å². The van der Waals surface area contributed by atoms with Gasteiger partial charge in [0.2, 0.25) is 11.8 Å². The second kappa shape index (κ2) is 14.6. The largest absolute Gasteiger partial charge is 0.353 e. The fourth-order valence-corrected chi connectivity index (χ4v) is 3.22. The Balaban J connectivity index is 2.54. The lowest BCUT2D eigenvalue weighted by molar-refractivity contribution is -0.129. The second-order valence-electron chi connectivity index (χ2n) is 6.71. The summed E-state index contributed by atoms with van der Waals surface area (Å²) in [6, 6.07) is 8.33. The van der Waals surface area contributed by atoms with Crippen LogP contribution >= 0.6 is 11.9 Å². The maximum Gasteiger partial charge on any atom is 0.270 e. The molecule has 0 fully saturated rings. The predicted octanol–water partition coefficient (Wildman–Crippen LogP) is 4.27. The number of nitrogens with one attached hydrogen (secondary N) is 1. The summed E-state index contributed by atoms with van der Waals surface area (Å²) < 4.78 is 0.911. The Labute approximate surface area is 177 Å². The number of unbranched alkanes of at least 4 members (excludes halogenated alkanes) is 5. The molecule has 0 unspecified atom stereocenters. The zero-order chi connectivity index (χ0) is 21.5. The molecule has 0 bridgehead atoms. The molecule has 0 aliphatic heterocycles. The Hall–Kier alpha value is -2.41. The van der Waals surface area contributed by atoms with Gasteiger partial charge in [-0.1, -0.05) is 57.2 Å². The average Bonchev–Trinajstić information content (AvgIpc) is 2.70. The highest BCUT2D eigenvalue weighted by Gasteiger charge is 2.23. The van der Waals surface area contributed by atoms with Gasteiger partial charge >= 0.3 is 0 Å². The van der Waals surface area contributed by atoms with Crippen molar-refractivity contribution in [1.29, 1.82) is 0 Å². The lowest BCUT2D eigenvalue weighted by atomic mass is 10.1. The molecule has 0 heterocycles. The number of hydrogen-bond acceptors (Lipinski definition) is 5. The summed E-state index contributed by atoms with van der Waals surface area (Å²) in [5.74, 6) is -1.76. The Morgan fingerprint density at radius 1 is 1.00 bits per heavy atom. The van der Waals surface area contributed by atoms with E-state index in [1.54, 1.807) is 30.3 Å². The highest BCUT2D eigenvalue weighted by molar-refractivity contribution is 8.00. The van der Waals surface area contributed by atoms with Gasteiger partial charge in [-0.05, 0) is 42.8 Å². The normalized spacial score (nSPS) is 10.7. The summed E-state index contributed by atoms with van der Waals surface area (Å²) in [6.45, 7) is 4.06. The number of hydrogen-bond donors (Lipinski definition) is 1. The van der Waals surface area contributed by atoms with E-state index in [9.17, 15) is 19.2 Å². The van der Waals surface area contributed by atoms with E-state index in [0.717, 1.165) is 29.1 Å². The van der Waals surface area contributed by atoms with Crippen molar-refractivity contribution >= 4 is 35.5 Å². The first-order chi connectivity index (χ1) is 14.0. The maximum absolute atomic E-state index is 12.6. The molecule has 0 saturated heterocycles. The molecular formula is C22H30N2O4S. The number of nitrogens with zero attached hydrogens (tertiary/aromatic N) is 1. The third kappa shape index (κ3) is 10.6. The van der Waals surface area contributed by atoms with Crippen LogP contribution in [-0.2, 0) is 14.4 Å². The first-order valence-corrected chi connectivity index (χ1v) is 10.8. The lowest BCUT2D eigenvalue weighted by Gasteiger charge is -2.17. The van der Waals surface area contributed by atoms with Gasteiger partial charge in [0.15, 0.2) is 0 Å². The van der Waals surface area contributed by atoms with Crippen molar-refractivity contribution < 1.29 is 19.2 Å². The Bertz CT molecular complexity index is 704. The first-order valence-electron chi connectivity index (χ1n) is 9.98. The van der Waals surface area contributed by atoms with Gasteiger partial charge < -0.3 is 5.32 Å². The molecule has 6 nitrogen and oxygen atoms in total. The van der Waals surface area contributed by atoms with E-state index in [1.807, 2.05) is 0 Å². The molecule has 1 rings (SSSR count). The molecule has 29 heavy (non-hydrogen) atoms. The average molecular weight is 419 g/mol. The fourth-order valence-electron chi connectivity index (χ4n) is 2.53. The van der Waals surface area contributed by atoms with Crippen LogP contribution < -0.4 is 5.32 Å². The van der Waals surface area contributed by atoms with Gasteiger partial charge in [0.05, 0.1) is 6.42 Å². The smallest absolute Gasteiger partial charge is 0.270 e. The molecule has 1 N–H and O–H groups in total. The molecule has 0 radical (unpaired) electrons. The minimum Gasteiger partial charge on any atom is -0.353 e. The third-order valence-electron chi connectivity index (χ3n) is 4.05. The first kappa shape index (κ1) is 24.6. The van der Waals surface area contributed by atoms with Crippen LogP contribution in [0.1, 0.15) is 69.2 Å². The zero-order valence-electron chi connectivity index (χ0n) is 17.2. The molecule has 3 amide bonds. The van der Waals surface area contributed by atoms with E-state index in [2.05, 4.69) is 12.2 Å². The number of carbonyl (C=O) groups excluding carboxylic acids is 4. The van der Waals surface area contributed by atoms with Crippen molar-refractivity contribution in [2.75, 3.05) is 6.54 Å². The van der Waals surface area contributed by atoms with Gasteiger partial charge in [0, 0.05) is 18.2 Å². The van der Waals surface area contributed by atoms with Crippen molar-refractivity contribution in [3.63, 3.8) is 0 Å². The highest BCUT2D eigenvalue weighted by atomic mass is 32.2. The molecule has 0 aromatic heterocycles. The van der Waals surface area contributed by atoms with E-state index < -0.39 is 11.8 Å². The SMILES string of the molecule is CCCCCCCCNC(=O)C=CSN(C(=O)CC(C)=O)C(=O)c1ccccc1. The summed E-state index contributed by atoms with van der Waals surface area (Å²) in [4.78, 5) is 48.1.